The van der Waals surface area contributed by atoms with Crippen LogP contribution in [0.3, 0.4) is 0 Å². The zero-order valence-electron chi connectivity index (χ0n) is 18.3. The van der Waals surface area contributed by atoms with E-state index in [0.717, 1.165) is 11.1 Å². The van der Waals surface area contributed by atoms with Crippen molar-refractivity contribution in [2.75, 3.05) is 6.54 Å². The number of carbonyl (C=O) groups excluding carboxylic acids is 2. The largest absolute Gasteiger partial charge is 0.423 e. The fourth-order valence-electron chi connectivity index (χ4n) is 2.68. The molecule has 34 heavy (non-hydrogen) atoms. The third-order valence-corrected chi connectivity index (χ3v) is 5.88. The summed E-state index contributed by atoms with van der Waals surface area (Å²) < 4.78 is 31.8. The minimum absolute atomic E-state index is 0.0748. The van der Waals surface area contributed by atoms with Crippen LogP contribution in [0.4, 0.5) is 0 Å². The molecule has 0 unspecified atom stereocenters. The van der Waals surface area contributed by atoms with Crippen LogP contribution in [-0.2, 0) is 19.6 Å². The van der Waals surface area contributed by atoms with Gasteiger partial charge in [-0.2, -0.15) is 5.10 Å². The number of sulfonamides is 1. The van der Waals surface area contributed by atoms with E-state index >= 15 is 0 Å². The van der Waals surface area contributed by atoms with Crippen molar-refractivity contribution in [3.63, 3.8) is 0 Å². The molecule has 0 atom stereocenters. The van der Waals surface area contributed by atoms with Crippen LogP contribution in [0.2, 0.25) is 0 Å². The minimum atomic E-state index is -3.79. The van der Waals surface area contributed by atoms with E-state index in [9.17, 15) is 18.0 Å². The van der Waals surface area contributed by atoms with E-state index in [1.807, 2.05) is 37.3 Å². The molecular weight excluding hydrogens is 454 g/mol. The molecule has 3 rings (SSSR count). The van der Waals surface area contributed by atoms with Crippen LogP contribution in [0.5, 0.6) is 5.75 Å². The number of carbonyl (C=O) groups is 2. The van der Waals surface area contributed by atoms with Gasteiger partial charge < -0.3 is 4.74 Å². The maximum absolute atomic E-state index is 12.2. The second-order valence-corrected chi connectivity index (χ2v) is 8.93. The van der Waals surface area contributed by atoms with Crippen LogP contribution >= 0.6 is 0 Å². The summed E-state index contributed by atoms with van der Waals surface area (Å²) in [7, 11) is -3.79. The number of hydrazone groups is 1. The average Bonchev–Trinajstić information content (AvgIpc) is 2.84. The van der Waals surface area contributed by atoms with E-state index in [1.54, 1.807) is 42.5 Å². The summed E-state index contributed by atoms with van der Waals surface area (Å²) in [5.41, 5.74) is 4.70. The number of nitrogens with zero attached hydrogens (tertiary/aromatic N) is 1. The van der Waals surface area contributed by atoms with E-state index < -0.39 is 28.4 Å². The second-order valence-electron chi connectivity index (χ2n) is 7.16. The zero-order valence-corrected chi connectivity index (χ0v) is 19.2. The Morgan fingerprint density at radius 2 is 1.59 bits per heavy atom. The van der Waals surface area contributed by atoms with Crippen molar-refractivity contribution >= 4 is 34.2 Å². The molecule has 3 aromatic rings. The molecule has 1 amide bonds. The molecule has 9 heteroatoms. The van der Waals surface area contributed by atoms with Crippen molar-refractivity contribution in [2.45, 2.75) is 11.8 Å². The molecule has 0 aromatic heterocycles. The molecule has 0 aliphatic carbocycles. The molecule has 0 aliphatic rings. The number of hydrogen-bond acceptors (Lipinski definition) is 6. The van der Waals surface area contributed by atoms with Crippen LogP contribution in [0.15, 0.2) is 94.9 Å². The topological polar surface area (TPSA) is 114 Å². The van der Waals surface area contributed by atoms with Gasteiger partial charge in [0.25, 0.3) is 5.91 Å². The SMILES string of the molecule is Cc1ccc(S(=O)(=O)NCC(=O)NN=Cc2ccc(OC(=O)C=Cc3ccccc3)cc2)cc1. The lowest BCUT2D eigenvalue weighted by Gasteiger charge is -2.06. The average molecular weight is 478 g/mol. The predicted octanol–water partition coefficient (Wildman–Crippen LogP) is 3.04. The Morgan fingerprint density at radius 3 is 2.26 bits per heavy atom. The van der Waals surface area contributed by atoms with Crippen LogP contribution in [0.25, 0.3) is 6.08 Å². The first-order valence-electron chi connectivity index (χ1n) is 10.2. The Morgan fingerprint density at radius 1 is 0.912 bits per heavy atom. The molecule has 0 fully saturated rings. The molecule has 0 bridgehead atoms. The Bertz CT molecular complexity index is 1280. The van der Waals surface area contributed by atoms with Gasteiger partial charge in [0.05, 0.1) is 17.7 Å². The number of hydrogen-bond donors (Lipinski definition) is 2. The molecule has 0 heterocycles. The van der Waals surface area contributed by atoms with Gasteiger partial charge in [-0.25, -0.2) is 23.4 Å². The van der Waals surface area contributed by atoms with Gasteiger partial charge in [-0.3, -0.25) is 4.79 Å². The van der Waals surface area contributed by atoms with Gasteiger partial charge >= 0.3 is 5.97 Å². The normalized spacial score (nSPS) is 11.6. The van der Waals surface area contributed by atoms with E-state index in [0.29, 0.717) is 11.3 Å². The van der Waals surface area contributed by atoms with Crippen molar-refractivity contribution < 1.29 is 22.7 Å². The van der Waals surface area contributed by atoms with Gasteiger partial charge in [0.15, 0.2) is 0 Å². The van der Waals surface area contributed by atoms with Crippen molar-refractivity contribution in [3.05, 3.63) is 102 Å². The Hall–Kier alpha value is -4.08. The summed E-state index contributed by atoms with van der Waals surface area (Å²) in [6.45, 7) is 1.39. The van der Waals surface area contributed by atoms with Gasteiger partial charge in [0.1, 0.15) is 5.75 Å². The molecule has 2 N–H and O–H groups in total. The molecule has 174 valence electrons. The lowest BCUT2D eigenvalue weighted by atomic mass is 10.2. The highest BCUT2D eigenvalue weighted by molar-refractivity contribution is 7.89. The monoisotopic (exact) mass is 477 g/mol. The fraction of sp³-hybridized carbons (Fsp3) is 0.0800. The molecule has 0 saturated heterocycles. The van der Waals surface area contributed by atoms with Gasteiger partial charge in [0.2, 0.25) is 10.0 Å². The molecule has 0 radical (unpaired) electrons. The summed E-state index contributed by atoms with van der Waals surface area (Å²) in [4.78, 5) is 23.9. The Balaban J connectivity index is 1.44. The number of nitrogens with one attached hydrogen (secondary N) is 2. The summed E-state index contributed by atoms with van der Waals surface area (Å²) >= 11 is 0. The van der Waals surface area contributed by atoms with E-state index in [1.165, 1.54) is 24.4 Å². The highest BCUT2D eigenvalue weighted by Crippen LogP contribution is 2.12. The summed E-state index contributed by atoms with van der Waals surface area (Å²) in [5.74, 6) is -0.775. The minimum Gasteiger partial charge on any atom is -0.423 e. The van der Waals surface area contributed by atoms with E-state index in [2.05, 4.69) is 15.2 Å². The third-order valence-electron chi connectivity index (χ3n) is 4.47. The highest BCUT2D eigenvalue weighted by atomic mass is 32.2. The molecule has 3 aromatic carbocycles. The highest BCUT2D eigenvalue weighted by Gasteiger charge is 2.14. The zero-order chi connectivity index (χ0) is 24.4. The van der Waals surface area contributed by atoms with Gasteiger partial charge in [-0.15, -0.1) is 0 Å². The van der Waals surface area contributed by atoms with Crippen LogP contribution < -0.4 is 14.9 Å². The number of amides is 1. The standard InChI is InChI=1S/C25H23N3O5S/c1-19-7-14-23(15-8-19)34(31,32)27-18-24(29)28-26-17-21-9-12-22(13-10-21)33-25(30)16-11-20-5-3-2-4-6-20/h2-17,27H,18H2,1H3,(H,28,29). The quantitative estimate of drug-likeness (QED) is 0.162. The predicted molar refractivity (Wildman–Crippen MR) is 130 cm³/mol. The summed E-state index contributed by atoms with van der Waals surface area (Å²) in [5, 5.41) is 3.80. The molecule has 8 nitrogen and oxygen atoms in total. The Kier molecular flexibility index (Phi) is 8.44. The van der Waals surface area contributed by atoms with Crippen molar-refractivity contribution in [3.8, 4) is 5.75 Å². The van der Waals surface area contributed by atoms with Crippen molar-refractivity contribution in [1.82, 2.24) is 10.1 Å². The summed E-state index contributed by atoms with van der Waals surface area (Å²) in [6, 6.07) is 22.1. The summed E-state index contributed by atoms with van der Waals surface area (Å²) in [6.07, 6.45) is 4.38. The lowest BCUT2D eigenvalue weighted by molar-refractivity contribution is -0.129. The van der Waals surface area contributed by atoms with Gasteiger partial charge in [-0.05, 0) is 60.5 Å². The first-order chi connectivity index (χ1) is 16.3. The maximum Gasteiger partial charge on any atom is 0.336 e. The van der Waals surface area contributed by atoms with E-state index in [-0.39, 0.29) is 4.90 Å². The number of esters is 1. The fourth-order valence-corrected chi connectivity index (χ4v) is 3.66. The van der Waals surface area contributed by atoms with Crippen LogP contribution in [0, 0.1) is 6.92 Å². The first-order valence-corrected chi connectivity index (χ1v) is 11.7. The Labute approximate surface area is 198 Å². The molecule has 0 aliphatic heterocycles. The first kappa shape index (κ1) is 24.6. The maximum atomic E-state index is 12.2. The smallest absolute Gasteiger partial charge is 0.336 e. The lowest BCUT2D eigenvalue weighted by Crippen LogP contribution is -2.34. The number of rotatable bonds is 9. The van der Waals surface area contributed by atoms with E-state index in [4.69, 9.17) is 4.74 Å². The molecule has 0 saturated carbocycles. The molecule has 0 spiro atoms. The van der Waals surface area contributed by atoms with Gasteiger partial charge in [0, 0.05) is 6.08 Å². The van der Waals surface area contributed by atoms with Crippen molar-refractivity contribution in [1.29, 1.82) is 0 Å². The van der Waals surface area contributed by atoms with Crippen LogP contribution in [0.1, 0.15) is 16.7 Å². The number of ether oxygens (including phenoxy) is 1. The molecular formula is C25H23N3O5S. The van der Waals surface area contributed by atoms with Gasteiger partial charge in [-0.1, -0.05) is 48.0 Å². The van der Waals surface area contributed by atoms with Crippen LogP contribution in [-0.4, -0.2) is 33.1 Å². The number of aryl methyl sites for hydroxylation is 1. The third kappa shape index (κ3) is 7.80. The van der Waals surface area contributed by atoms with Crippen molar-refractivity contribution in [2.24, 2.45) is 5.10 Å². The number of benzene rings is 3. The second kappa shape index (κ2) is 11.7.